The van der Waals surface area contributed by atoms with Gasteiger partial charge in [0.1, 0.15) is 6.10 Å². The minimum absolute atomic E-state index is 0.173. The molecule has 5 nitrogen and oxygen atoms in total. The molecule has 0 bridgehead atoms. The van der Waals surface area contributed by atoms with Crippen molar-refractivity contribution in [3.05, 3.63) is 0 Å². The van der Waals surface area contributed by atoms with E-state index in [9.17, 15) is 14.4 Å². The lowest BCUT2D eigenvalue weighted by molar-refractivity contribution is -0.160. The molecule has 0 aromatic carbocycles. The summed E-state index contributed by atoms with van der Waals surface area (Å²) in [5.41, 5.74) is -1.47. The molecule has 0 spiro atoms. The van der Waals surface area contributed by atoms with Crippen LogP contribution in [0.2, 0.25) is 0 Å². The van der Waals surface area contributed by atoms with Crippen molar-refractivity contribution in [2.45, 2.75) is 33.3 Å². The highest BCUT2D eigenvalue weighted by Gasteiger charge is 2.59. The Morgan fingerprint density at radius 3 is 2.53 bits per heavy atom. The van der Waals surface area contributed by atoms with Gasteiger partial charge in [-0.25, -0.2) is 4.79 Å². The standard InChI is InChI=1S/C10H14O5/c1-4-6-10(3,9(13)14-5-2)7(11)8(12)15-6/h6H,4-5H2,1-3H3. The van der Waals surface area contributed by atoms with Crippen molar-refractivity contribution in [2.75, 3.05) is 6.61 Å². The Kier molecular flexibility index (Phi) is 3.12. The summed E-state index contributed by atoms with van der Waals surface area (Å²) in [4.78, 5) is 34.2. The minimum atomic E-state index is -1.47. The summed E-state index contributed by atoms with van der Waals surface area (Å²) in [6.45, 7) is 4.96. The van der Waals surface area contributed by atoms with Crippen LogP contribution in [0.5, 0.6) is 0 Å². The SMILES string of the molecule is CCOC(=O)C1(C)C(=O)C(=O)OC1CC. The van der Waals surface area contributed by atoms with E-state index in [0.717, 1.165) is 0 Å². The van der Waals surface area contributed by atoms with Gasteiger partial charge in [0.2, 0.25) is 0 Å². The molecule has 2 atom stereocenters. The third-order valence-electron chi connectivity index (χ3n) is 2.62. The van der Waals surface area contributed by atoms with E-state index in [-0.39, 0.29) is 6.61 Å². The summed E-state index contributed by atoms with van der Waals surface area (Å²) < 4.78 is 9.60. The Hall–Kier alpha value is -1.39. The number of ketones is 1. The van der Waals surface area contributed by atoms with Crippen molar-refractivity contribution >= 4 is 17.7 Å². The molecule has 0 amide bonds. The number of esters is 2. The molecule has 84 valence electrons. The van der Waals surface area contributed by atoms with Crippen LogP contribution in [0.25, 0.3) is 0 Å². The Morgan fingerprint density at radius 2 is 2.07 bits per heavy atom. The molecule has 1 fully saturated rings. The van der Waals surface area contributed by atoms with Crippen LogP contribution in [-0.2, 0) is 23.9 Å². The molecule has 0 aromatic heterocycles. The van der Waals surface area contributed by atoms with Crippen LogP contribution >= 0.6 is 0 Å². The first kappa shape index (κ1) is 11.7. The largest absolute Gasteiger partial charge is 0.465 e. The van der Waals surface area contributed by atoms with Gasteiger partial charge in [0.25, 0.3) is 5.78 Å². The topological polar surface area (TPSA) is 69.7 Å². The van der Waals surface area contributed by atoms with Gasteiger partial charge in [0, 0.05) is 0 Å². The van der Waals surface area contributed by atoms with E-state index in [0.29, 0.717) is 6.42 Å². The maximum absolute atomic E-state index is 11.6. The number of ether oxygens (including phenoxy) is 2. The Bertz CT molecular complexity index is 309. The lowest BCUT2D eigenvalue weighted by Crippen LogP contribution is -2.43. The maximum atomic E-state index is 11.6. The van der Waals surface area contributed by atoms with Gasteiger partial charge in [-0.05, 0) is 20.3 Å². The molecule has 0 N–H and O–H groups in total. The van der Waals surface area contributed by atoms with Gasteiger partial charge in [0.05, 0.1) is 6.61 Å². The number of cyclic esters (lactones) is 1. The van der Waals surface area contributed by atoms with Crippen molar-refractivity contribution < 1.29 is 23.9 Å². The number of hydrogen-bond donors (Lipinski definition) is 0. The van der Waals surface area contributed by atoms with Gasteiger partial charge in [0.15, 0.2) is 5.41 Å². The summed E-state index contributed by atoms with van der Waals surface area (Å²) in [6.07, 6.45) is -0.302. The smallest absolute Gasteiger partial charge is 0.376 e. The van der Waals surface area contributed by atoms with Crippen molar-refractivity contribution in [1.82, 2.24) is 0 Å². The second-order valence-electron chi connectivity index (χ2n) is 3.55. The summed E-state index contributed by atoms with van der Waals surface area (Å²) in [5, 5.41) is 0. The van der Waals surface area contributed by atoms with E-state index >= 15 is 0 Å². The first-order chi connectivity index (χ1) is 6.98. The van der Waals surface area contributed by atoms with Crippen LogP contribution < -0.4 is 0 Å². The van der Waals surface area contributed by atoms with E-state index in [2.05, 4.69) is 0 Å². The van der Waals surface area contributed by atoms with Gasteiger partial charge in [-0.3, -0.25) is 9.59 Å². The van der Waals surface area contributed by atoms with Gasteiger partial charge in [-0.1, -0.05) is 6.92 Å². The van der Waals surface area contributed by atoms with Crippen LogP contribution in [0, 0.1) is 5.41 Å². The van der Waals surface area contributed by atoms with E-state index in [1.807, 2.05) is 0 Å². The molecule has 1 saturated heterocycles. The zero-order valence-electron chi connectivity index (χ0n) is 9.03. The number of carbonyl (C=O) groups excluding carboxylic acids is 3. The summed E-state index contributed by atoms with van der Waals surface area (Å²) >= 11 is 0. The fourth-order valence-electron chi connectivity index (χ4n) is 1.66. The van der Waals surface area contributed by atoms with E-state index < -0.39 is 29.2 Å². The molecule has 1 aliphatic rings. The number of Topliss-reactive ketones (excluding diaryl/α,β-unsaturated/α-hetero) is 1. The fourth-order valence-corrected chi connectivity index (χ4v) is 1.66. The van der Waals surface area contributed by atoms with Crippen molar-refractivity contribution in [1.29, 1.82) is 0 Å². The quantitative estimate of drug-likeness (QED) is 0.388. The highest BCUT2D eigenvalue weighted by atomic mass is 16.6. The molecule has 1 heterocycles. The number of carbonyl (C=O) groups is 3. The predicted molar refractivity (Wildman–Crippen MR) is 49.9 cm³/mol. The molecule has 5 heteroatoms. The average Bonchev–Trinajstić information content (AvgIpc) is 2.44. The summed E-state index contributed by atoms with van der Waals surface area (Å²) in [7, 11) is 0. The summed E-state index contributed by atoms with van der Waals surface area (Å²) in [6, 6.07) is 0. The molecule has 0 saturated carbocycles. The van der Waals surface area contributed by atoms with E-state index in [1.54, 1.807) is 13.8 Å². The first-order valence-corrected chi connectivity index (χ1v) is 4.91. The van der Waals surface area contributed by atoms with Crippen molar-refractivity contribution in [3.63, 3.8) is 0 Å². The van der Waals surface area contributed by atoms with E-state index in [1.165, 1.54) is 6.92 Å². The lowest BCUT2D eigenvalue weighted by Gasteiger charge is -2.23. The monoisotopic (exact) mass is 214 g/mol. The lowest BCUT2D eigenvalue weighted by atomic mass is 9.81. The van der Waals surface area contributed by atoms with Crippen LogP contribution in [0.1, 0.15) is 27.2 Å². The molecule has 15 heavy (non-hydrogen) atoms. The summed E-state index contributed by atoms with van der Waals surface area (Å²) in [5.74, 6) is -2.45. The van der Waals surface area contributed by atoms with Gasteiger partial charge in [-0.15, -0.1) is 0 Å². The average molecular weight is 214 g/mol. The fraction of sp³-hybridized carbons (Fsp3) is 0.700. The Morgan fingerprint density at radius 1 is 1.47 bits per heavy atom. The van der Waals surface area contributed by atoms with Crippen LogP contribution in [0.15, 0.2) is 0 Å². The zero-order valence-corrected chi connectivity index (χ0v) is 9.03. The zero-order chi connectivity index (χ0) is 11.6. The molecule has 0 aromatic rings. The van der Waals surface area contributed by atoms with Gasteiger partial charge >= 0.3 is 11.9 Å². The van der Waals surface area contributed by atoms with Crippen LogP contribution in [-0.4, -0.2) is 30.4 Å². The van der Waals surface area contributed by atoms with Crippen molar-refractivity contribution in [2.24, 2.45) is 5.41 Å². The third kappa shape index (κ3) is 1.62. The molecule has 0 radical (unpaired) electrons. The number of hydrogen-bond acceptors (Lipinski definition) is 5. The second kappa shape index (κ2) is 4.00. The van der Waals surface area contributed by atoms with Gasteiger partial charge in [-0.2, -0.15) is 0 Å². The highest BCUT2D eigenvalue weighted by Crippen LogP contribution is 2.35. The molecular formula is C10H14O5. The first-order valence-electron chi connectivity index (χ1n) is 4.91. The third-order valence-corrected chi connectivity index (χ3v) is 2.62. The van der Waals surface area contributed by atoms with Crippen LogP contribution in [0.3, 0.4) is 0 Å². The highest BCUT2D eigenvalue weighted by molar-refractivity contribution is 6.41. The molecule has 2 unspecified atom stereocenters. The van der Waals surface area contributed by atoms with Gasteiger partial charge < -0.3 is 9.47 Å². The molecule has 1 aliphatic heterocycles. The predicted octanol–water partition coefficient (Wildman–Crippen LogP) is 0.460. The maximum Gasteiger partial charge on any atom is 0.376 e. The molecular weight excluding hydrogens is 200 g/mol. The Labute approximate surface area is 87.7 Å². The number of rotatable bonds is 3. The molecule has 1 rings (SSSR count). The van der Waals surface area contributed by atoms with Crippen LogP contribution in [0.4, 0.5) is 0 Å². The van der Waals surface area contributed by atoms with E-state index in [4.69, 9.17) is 9.47 Å². The minimum Gasteiger partial charge on any atom is -0.465 e. The Balaban J connectivity index is 3.01. The second-order valence-corrected chi connectivity index (χ2v) is 3.55. The molecule has 0 aliphatic carbocycles. The normalized spacial score (nSPS) is 30.2. The van der Waals surface area contributed by atoms with Crippen molar-refractivity contribution in [3.8, 4) is 0 Å².